The summed E-state index contributed by atoms with van der Waals surface area (Å²) in [5.41, 5.74) is 1.10. The minimum Gasteiger partial charge on any atom is -0.465 e. The van der Waals surface area contributed by atoms with E-state index < -0.39 is 21.8 Å². The SMILES string of the molecule is CCC(C)CN1CCc2c(sc(S(=O)(=O)Nc3ccc(F)cc3)c2C(=O)OC)C1. The molecule has 158 valence electrons. The third kappa shape index (κ3) is 4.79. The molecule has 29 heavy (non-hydrogen) atoms. The molecule has 9 heteroatoms. The molecule has 0 radical (unpaired) electrons. The van der Waals surface area contributed by atoms with Gasteiger partial charge in [-0.1, -0.05) is 20.3 Å². The molecule has 0 saturated carbocycles. The van der Waals surface area contributed by atoms with Gasteiger partial charge in [0.15, 0.2) is 4.21 Å². The summed E-state index contributed by atoms with van der Waals surface area (Å²) in [6, 6.07) is 5.02. The standard InChI is InChI=1S/C20H25FN2O4S2/c1-4-13(2)11-23-10-9-16-17(12-23)28-20(18(16)19(24)27-3)29(25,26)22-15-7-5-14(21)6-8-15/h5-8,13,22H,4,9-12H2,1-3H3. The van der Waals surface area contributed by atoms with Crippen LogP contribution in [-0.2, 0) is 27.7 Å². The van der Waals surface area contributed by atoms with Gasteiger partial charge in [-0.25, -0.2) is 17.6 Å². The number of rotatable bonds is 7. The van der Waals surface area contributed by atoms with Crippen LogP contribution >= 0.6 is 11.3 Å². The lowest BCUT2D eigenvalue weighted by molar-refractivity contribution is 0.0595. The first-order chi connectivity index (χ1) is 13.7. The molecule has 1 aromatic heterocycles. The Morgan fingerprint density at radius 3 is 2.66 bits per heavy atom. The summed E-state index contributed by atoms with van der Waals surface area (Å²) in [6.45, 7) is 6.64. The second-order valence-corrected chi connectivity index (χ2v) is 10.3. The van der Waals surface area contributed by atoms with Gasteiger partial charge in [-0.2, -0.15) is 0 Å². The van der Waals surface area contributed by atoms with Crippen LogP contribution in [0.1, 0.15) is 41.1 Å². The Balaban J connectivity index is 1.96. The van der Waals surface area contributed by atoms with E-state index in [4.69, 9.17) is 4.74 Å². The Kier molecular flexibility index (Phi) is 6.60. The van der Waals surface area contributed by atoms with Crippen molar-refractivity contribution in [3.8, 4) is 0 Å². The minimum atomic E-state index is -4.02. The van der Waals surface area contributed by atoms with E-state index in [-0.39, 0.29) is 15.5 Å². The molecule has 1 aromatic carbocycles. The van der Waals surface area contributed by atoms with Gasteiger partial charge in [-0.05, 0) is 42.2 Å². The molecule has 6 nitrogen and oxygen atoms in total. The number of sulfonamides is 1. The fourth-order valence-corrected chi connectivity index (χ4v) is 6.36. The van der Waals surface area contributed by atoms with Crippen LogP contribution in [0, 0.1) is 11.7 Å². The summed E-state index contributed by atoms with van der Waals surface area (Å²) >= 11 is 1.11. The van der Waals surface area contributed by atoms with Gasteiger partial charge >= 0.3 is 5.97 Å². The van der Waals surface area contributed by atoms with Crippen LogP contribution in [0.15, 0.2) is 28.5 Å². The molecule has 1 aliphatic rings. The van der Waals surface area contributed by atoms with E-state index in [1.165, 1.54) is 31.4 Å². The van der Waals surface area contributed by atoms with Gasteiger partial charge in [0, 0.05) is 30.2 Å². The van der Waals surface area contributed by atoms with E-state index in [0.29, 0.717) is 18.9 Å². The number of hydrogen-bond donors (Lipinski definition) is 1. The van der Waals surface area contributed by atoms with Crippen LogP contribution < -0.4 is 4.72 Å². The van der Waals surface area contributed by atoms with Gasteiger partial charge in [-0.3, -0.25) is 9.62 Å². The zero-order chi connectivity index (χ0) is 21.2. The first kappa shape index (κ1) is 21.7. The van der Waals surface area contributed by atoms with Crippen molar-refractivity contribution < 1.29 is 22.3 Å². The predicted molar refractivity (Wildman–Crippen MR) is 111 cm³/mol. The molecule has 1 unspecified atom stereocenters. The highest BCUT2D eigenvalue weighted by Crippen LogP contribution is 2.37. The van der Waals surface area contributed by atoms with Crippen molar-refractivity contribution in [3.05, 3.63) is 46.1 Å². The van der Waals surface area contributed by atoms with Crippen LogP contribution in [0.25, 0.3) is 0 Å². The number of halogens is 1. The molecular weight excluding hydrogens is 415 g/mol. The maximum absolute atomic E-state index is 13.1. The van der Waals surface area contributed by atoms with Crippen LogP contribution in [0.4, 0.5) is 10.1 Å². The summed E-state index contributed by atoms with van der Waals surface area (Å²) in [5, 5.41) is 0. The lowest BCUT2D eigenvalue weighted by Crippen LogP contribution is -2.33. The molecule has 1 aliphatic heterocycles. The number of ether oxygens (including phenoxy) is 1. The van der Waals surface area contributed by atoms with E-state index in [9.17, 15) is 17.6 Å². The number of esters is 1. The van der Waals surface area contributed by atoms with E-state index in [1.54, 1.807) is 0 Å². The summed E-state index contributed by atoms with van der Waals surface area (Å²) in [7, 11) is -2.78. The molecule has 0 bridgehead atoms. The molecule has 0 aliphatic carbocycles. The third-order valence-corrected chi connectivity index (χ3v) is 8.22. The van der Waals surface area contributed by atoms with Crippen molar-refractivity contribution in [1.82, 2.24) is 4.90 Å². The molecule has 0 saturated heterocycles. The predicted octanol–water partition coefficient (Wildman–Crippen LogP) is 3.88. The number of nitrogens with zero attached hydrogens (tertiary/aromatic N) is 1. The molecule has 2 aromatic rings. The summed E-state index contributed by atoms with van der Waals surface area (Å²) in [4.78, 5) is 15.6. The molecule has 0 fully saturated rings. The van der Waals surface area contributed by atoms with Crippen LogP contribution in [0.5, 0.6) is 0 Å². The molecule has 1 N–H and O–H groups in total. The number of carbonyl (C=O) groups is 1. The van der Waals surface area contributed by atoms with Gasteiger partial charge in [-0.15, -0.1) is 11.3 Å². The summed E-state index contributed by atoms with van der Waals surface area (Å²) < 4.78 is 46.5. The minimum absolute atomic E-state index is 0.0518. The average molecular weight is 441 g/mol. The largest absolute Gasteiger partial charge is 0.465 e. The smallest absolute Gasteiger partial charge is 0.340 e. The van der Waals surface area contributed by atoms with E-state index in [2.05, 4.69) is 23.5 Å². The zero-order valence-corrected chi connectivity index (χ0v) is 18.3. The first-order valence-corrected chi connectivity index (χ1v) is 11.8. The Morgan fingerprint density at radius 2 is 2.03 bits per heavy atom. The fraction of sp³-hybridized carbons (Fsp3) is 0.450. The fourth-order valence-electron chi connectivity index (χ4n) is 3.37. The molecule has 1 atom stereocenters. The van der Waals surface area contributed by atoms with Crippen molar-refractivity contribution >= 4 is 33.0 Å². The van der Waals surface area contributed by atoms with E-state index in [1.807, 2.05) is 0 Å². The molecule has 2 heterocycles. The van der Waals surface area contributed by atoms with Gasteiger partial charge in [0.05, 0.1) is 12.7 Å². The van der Waals surface area contributed by atoms with Gasteiger partial charge in [0.1, 0.15) is 5.82 Å². The lowest BCUT2D eigenvalue weighted by Gasteiger charge is -2.29. The van der Waals surface area contributed by atoms with Crippen molar-refractivity contribution in [2.75, 3.05) is 24.9 Å². The zero-order valence-electron chi connectivity index (χ0n) is 16.7. The number of hydrogen-bond acceptors (Lipinski definition) is 6. The maximum atomic E-state index is 13.1. The molecule has 3 rings (SSSR count). The Bertz CT molecular complexity index is 987. The molecule has 0 spiro atoms. The van der Waals surface area contributed by atoms with Gasteiger partial charge < -0.3 is 4.74 Å². The Morgan fingerprint density at radius 1 is 1.34 bits per heavy atom. The van der Waals surface area contributed by atoms with E-state index >= 15 is 0 Å². The molecular formula is C20H25FN2O4S2. The monoisotopic (exact) mass is 440 g/mol. The quantitative estimate of drug-likeness (QED) is 0.662. The molecule has 0 amide bonds. The normalized spacial score (nSPS) is 15.6. The van der Waals surface area contributed by atoms with Gasteiger partial charge in [0.2, 0.25) is 0 Å². The average Bonchev–Trinajstić information content (AvgIpc) is 3.08. The lowest BCUT2D eigenvalue weighted by atomic mass is 10.0. The number of anilines is 1. The van der Waals surface area contributed by atoms with Crippen molar-refractivity contribution in [1.29, 1.82) is 0 Å². The highest BCUT2D eigenvalue weighted by molar-refractivity contribution is 7.94. The summed E-state index contributed by atoms with van der Waals surface area (Å²) in [6.07, 6.45) is 1.67. The number of benzene rings is 1. The van der Waals surface area contributed by atoms with Crippen LogP contribution in [0.3, 0.4) is 0 Å². The Labute approximate surface area is 174 Å². The number of thiophene rings is 1. The third-order valence-electron chi connectivity index (χ3n) is 5.10. The summed E-state index contributed by atoms with van der Waals surface area (Å²) in [5.74, 6) is -0.575. The van der Waals surface area contributed by atoms with Crippen LogP contribution in [-0.4, -0.2) is 39.5 Å². The van der Waals surface area contributed by atoms with Gasteiger partial charge in [0.25, 0.3) is 10.0 Å². The topological polar surface area (TPSA) is 75.7 Å². The van der Waals surface area contributed by atoms with Crippen molar-refractivity contribution in [3.63, 3.8) is 0 Å². The second kappa shape index (κ2) is 8.81. The number of nitrogens with one attached hydrogen (secondary N) is 1. The number of methoxy groups -OCH3 is 1. The highest BCUT2D eigenvalue weighted by Gasteiger charge is 2.34. The first-order valence-electron chi connectivity index (χ1n) is 9.48. The van der Waals surface area contributed by atoms with Crippen LogP contribution in [0.2, 0.25) is 0 Å². The maximum Gasteiger partial charge on any atom is 0.340 e. The number of fused-ring (bicyclic) bond motifs is 1. The highest BCUT2D eigenvalue weighted by atomic mass is 32.2. The Hall–Kier alpha value is -1.97. The van der Waals surface area contributed by atoms with E-state index in [0.717, 1.165) is 41.3 Å². The van der Waals surface area contributed by atoms with Crippen molar-refractivity contribution in [2.45, 2.75) is 37.4 Å². The van der Waals surface area contributed by atoms with Crippen molar-refractivity contribution in [2.24, 2.45) is 5.92 Å². The second-order valence-electron chi connectivity index (χ2n) is 7.27. The number of carbonyl (C=O) groups excluding carboxylic acids is 1.